The van der Waals surface area contributed by atoms with Crippen molar-refractivity contribution in [1.29, 1.82) is 0 Å². The molecular weight excluding hydrogens is 466 g/mol. The van der Waals surface area contributed by atoms with Crippen LogP contribution in [0.2, 0.25) is 0 Å². The number of imidazole rings is 1. The van der Waals surface area contributed by atoms with Crippen LogP contribution < -0.4 is 11.1 Å². The number of hydrogen-bond donors (Lipinski definition) is 3. The monoisotopic (exact) mass is 488 g/mol. The average molecular weight is 489 g/mol. The average Bonchev–Trinajstić information content (AvgIpc) is 3.43. The molecule has 3 heterocycles. The third-order valence-electron chi connectivity index (χ3n) is 6.22. The summed E-state index contributed by atoms with van der Waals surface area (Å²) in [5.74, 6) is -1.40. The second kappa shape index (κ2) is 8.67. The number of rotatable bonds is 7. The number of H-pyrrole nitrogens is 1. The Bertz CT molecular complexity index is 1460. The highest BCUT2D eigenvalue weighted by Crippen LogP contribution is 2.36. The molecule has 2 aromatic heterocycles. The van der Waals surface area contributed by atoms with Crippen LogP contribution >= 0.6 is 0 Å². The van der Waals surface area contributed by atoms with Crippen LogP contribution in [0.1, 0.15) is 30.4 Å². The first-order valence-electron chi connectivity index (χ1n) is 11.6. The summed E-state index contributed by atoms with van der Waals surface area (Å²) in [6, 6.07) is 4.99. The fourth-order valence-corrected chi connectivity index (χ4v) is 4.30. The van der Waals surface area contributed by atoms with Gasteiger partial charge in [-0.1, -0.05) is 12.2 Å². The number of primary amides is 1. The molecule has 0 radical (unpaired) electrons. The van der Waals surface area contributed by atoms with E-state index in [0.717, 1.165) is 30.2 Å². The first kappa shape index (κ1) is 22.1. The molecule has 1 aliphatic heterocycles. The van der Waals surface area contributed by atoms with Crippen molar-refractivity contribution in [2.45, 2.75) is 37.5 Å². The van der Waals surface area contributed by atoms with Gasteiger partial charge in [-0.15, -0.1) is 0 Å². The lowest BCUT2D eigenvalue weighted by Gasteiger charge is -2.23. The van der Waals surface area contributed by atoms with E-state index >= 15 is 0 Å². The van der Waals surface area contributed by atoms with Crippen molar-refractivity contribution in [1.82, 2.24) is 19.7 Å². The number of carbonyl (C=O) groups excluding carboxylic acids is 1. The molecule has 0 saturated heterocycles. The van der Waals surface area contributed by atoms with E-state index in [4.69, 9.17) is 15.8 Å². The number of carbonyl (C=O) groups is 1. The molecule has 36 heavy (non-hydrogen) atoms. The second-order valence-corrected chi connectivity index (χ2v) is 8.95. The van der Waals surface area contributed by atoms with E-state index in [-0.39, 0.29) is 24.3 Å². The molecule has 2 unspecified atom stereocenters. The summed E-state index contributed by atoms with van der Waals surface area (Å²) >= 11 is 0. The Labute approximate surface area is 204 Å². The maximum atomic E-state index is 13.6. The van der Waals surface area contributed by atoms with Gasteiger partial charge in [0.15, 0.2) is 0 Å². The Morgan fingerprint density at radius 3 is 2.75 bits per heavy atom. The van der Waals surface area contributed by atoms with Gasteiger partial charge < -0.3 is 16.0 Å². The number of aromatic amines is 1. The molecule has 0 spiro atoms. The fourth-order valence-electron chi connectivity index (χ4n) is 4.30. The van der Waals surface area contributed by atoms with Crippen molar-refractivity contribution >= 4 is 29.1 Å². The van der Waals surface area contributed by atoms with Crippen LogP contribution in [0.15, 0.2) is 58.7 Å². The molecule has 2 atom stereocenters. The van der Waals surface area contributed by atoms with E-state index < -0.39 is 17.5 Å². The van der Waals surface area contributed by atoms with Crippen molar-refractivity contribution in [3.05, 3.63) is 71.8 Å². The van der Waals surface area contributed by atoms with Crippen molar-refractivity contribution < 1.29 is 13.6 Å². The molecule has 6 rings (SSSR count). The van der Waals surface area contributed by atoms with Crippen LogP contribution in [0, 0.1) is 11.6 Å². The minimum absolute atomic E-state index is 0.127. The molecule has 9 nitrogen and oxygen atoms in total. The van der Waals surface area contributed by atoms with E-state index in [1.54, 1.807) is 0 Å². The van der Waals surface area contributed by atoms with Crippen LogP contribution in [0.4, 0.5) is 14.5 Å². The van der Waals surface area contributed by atoms with Crippen LogP contribution in [0.5, 0.6) is 0 Å². The summed E-state index contributed by atoms with van der Waals surface area (Å²) in [6.07, 6.45) is 11.3. The molecule has 182 valence electrons. The molecule has 3 aliphatic rings. The molecule has 0 bridgehead atoms. The Morgan fingerprint density at radius 2 is 2.00 bits per heavy atom. The first-order chi connectivity index (χ1) is 17.4. The number of hydrogen-bond acceptors (Lipinski definition) is 6. The second-order valence-electron chi connectivity index (χ2n) is 8.95. The number of benzene rings is 1. The predicted molar refractivity (Wildman–Crippen MR) is 132 cm³/mol. The van der Waals surface area contributed by atoms with Crippen LogP contribution in [0.25, 0.3) is 17.0 Å². The largest absolute Gasteiger partial charge is 0.378 e. The normalized spacial score (nSPS) is 20.6. The zero-order chi connectivity index (χ0) is 24.8. The van der Waals surface area contributed by atoms with Gasteiger partial charge in [0, 0.05) is 18.0 Å². The molecule has 3 aromatic rings. The molecule has 4 N–H and O–H groups in total. The number of fused-ring (bicyclic) bond motifs is 1. The first-order valence-corrected chi connectivity index (χ1v) is 11.6. The lowest BCUT2D eigenvalue weighted by molar-refractivity contribution is -0.111. The highest BCUT2D eigenvalue weighted by Gasteiger charge is 2.28. The third-order valence-corrected chi connectivity index (χ3v) is 6.22. The summed E-state index contributed by atoms with van der Waals surface area (Å²) in [7, 11) is 0. The van der Waals surface area contributed by atoms with Gasteiger partial charge in [-0.2, -0.15) is 5.10 Å². The summed E-state index contributed by atoms with van der Waals surface area (Å²) in [4.78, 5) is 28.5. The maximum Gasteiger partial charge on any atom is 0.268 e. The summed E-state index contributed by atoms with van der Waals surface area (Å²) in [5, 5.41) is 7.73. The van der Waals surface area contributed by atoms with Gasteiger partial charge in [0.2, 0.25) is 0 Å². The minimum atomic E-state index is -0.665. The molecule has 1 fully saturated rings. The molecular formula is C25H22F2N8O. The lowest BCUT2D eigenvalue weighted by Crippen LogP contribution is -2.34. The van der Waals surface area contributed by atoms with Gasteiger partial charge in [-0.25, -0.2) is 13.8 Å². The van der Waals surface area contributed by atoms with E-state index in [1.165, 1.54) is 18.3 Å². The van der Waals surface area contributed by atoms with Gasteiger partial charge in [0.25, 0.3) is 5.91 Å². The Balaban J connectivity index is 1.34. The Hall–Kier alpha value is -4.41. The van der Waals surface area contributed by atoms with Crippen LogP contribution in [0.3, 0.4) is 0 Å². The van der Waals surface area contributed by atoms with Crippen molar-refractivity contribution in [2.24, 2.45) is 15.7 Å². The fraction of sp³-hybridized carbons (Fsp3) is 0.240. The number of allylic oxidation sites excluding steroid dienone is 2. The van der Waals surface area contributed by atoms with Crippen molar-refractivity contribution in [2.75, 3.05) is 5.32 Å². The highest BCUT2D eigenvalue weighted by atomic mass is 19.1. The van der Waals surface area contributed by atoms with Crippen molar-refractivity contribution in [3.63, 3.8) is 0 Å². The Kier molecular flexibility index (Phi) is 5.32. The van der Waals surface area contributed by atoms with Gasteiger partial charge in [0.05, 0.1) is 36.6 Å². The van der Waals surface area contributed by atoms with Crippen LogP contribution in [-0.4, -0.2) is 49.7 Å². The van der Waals surface area contributed by atoms with Gasteiger partial charge in [-0.3, -0.25) is 19.5 Å². The predicted octanol–water partition coefficient (Wildman–Crippen LogP) is 3.20. The number of anilines is 1. The van der Waals surface area contributed by atoms with Crippen LogP contribution in [-0.2, 0) is 11.3 Å². The topological polar surface area (TPSA) is 126 Å². The Morgan fingerprint density at radius 1 is 1.19 bits per heavy atom. The zero-order valence-corrected chi connectivity index (χ0v) is 19.0. The third kappa shape index (κ3) is 4.35. The zero-order valence-electron chi connectivity index (χ0n) is 19.0. The standard InChI is InChI=1S/C25H22F2N8O/c26-14-8-15(27)10-16(9-14)29-12-22-32-23(24(33-22)19-5-6-35(34-19)17-2-3-17)13-1-4-18-20(7-13)31-21(11-30-18)25(28)36/h1,4-11,17-18,20,29H,2-3,12H2,(H2,28,36)(H,32,33). The SMILES string of the molecule is NC(=O)C1=NC2C=C(c3[nH]c(CNc4cc(F)cc(F)c4)nc3-c3ccn(C4CC4)n3)C=CC2N=C1. The van der Waals surface area contributed by atoms with E-state index in [1.807, 2.05) is 35.2 Å². The van der Waals surface area contributed by atoms with Gasteiger partial charge >= 0.3 is 0 Å². The number of aliphatic imine (C=N–C) groups is 2. The van der Waals surface area contributed by atoms with Gasteiger partial charge in [0.1, 0.15) is 34.6 Å². The maximum absolute atomic E-state index is 13.6. The van der Waals surface area contributed by atoms with Gasteiger partial charge in [-0.05, 0) is 42.7 Å². The number of nitrogens with two attached hydrogens (primary N) is 1. The lowest BCUT2D eigenvalue weighted by atomic mass is 9.94. The van der Waals surface area contributed by atoms with Crippen molar-refractivity contribution in [3.8, 4) is 11.4 Å². The highest BCUT2D eigenvalue weighted by molar-refractivity contribution is 6.60. The minimum Gasteiger partial charge on any atom is -0.378 e. The summed E-state index contributed by atoms with van der Waals surface area (Å²) in [5.41, 5.74) is 8.70. The molecule has 11 heteroatoms. The van der Waals surface area contributed by atoms with E-state index in [2.05, 4.69) is 20.3 Å². The summed E-state index contributed by atoms with van der Waals surface area (Å²) < 4.78 is 29.1. The number of nitrogens with one attached hydrogen (secondary N) is 2. The smallest absolute Gasteiger partial charge is 0.268 e. The molecule has 1 aromatic carbocycles. The summed E-state index contributed by atoms with van der Waals surface area (Å²) in [6.45, 7) is 0.205. The number of amides is 1. The number of halogens is 2. The quantitative estimate of drug-likeness (QED) is 0.472. The molecule has 2 aliphatic carbocycles. The number of nitrogens with zero attached hydrogens (tertiary/aromatic N) is 5. The molecule has 1 saturated carbocycles. The van der Waals surface area contributed by atoms with E-state index in [0.29, 0.717) is 28.9 Å². The number of aromatic nitrogens is 4. The van der Waals surface area contributed by atoms with E-state index in [9.17, 15) is 13.6 Å². The molecule has 1 amide bonds.